The van der Waals surface area contributed by atoms with Crippen LogP contribution < -0.4 is 4.90 Å². The van der Waals surface area contributed by atoms with Crippen LogP contribution in [0.3, 0.4) is 0 Å². The summed E-state index contributed by atoms with van der Waals surface area (Å²) in [5.41, 5.74) is 0.957. The van der Waals surface area contributed by atoms with Gasteiger partial charge in [0.25, 0.3) is 0 Å². The molecule has 0 unspecified atom stereocenters. The largest absolute Gasteiger partial charge is 0.369 e. The van der Waals surface area contributed by atoms with Gasteiger partial charge in [0.05, 0.1) is 18.2 Å². The molecule has 0 aliphatic carbocycles. The van der Waals surface area contributed by atoms with Crippen LogP contribution in [0.15, 0.2) is 30.3 Å². The summed E-state index contributed by atoms with van der Waals surface area (Å²) >= 11 is 0. The first-order valence-corrected chi connectivity index (χ1v) is 7.78. The standard InChI is InChI=1S/C13H18N2O2S/c1-2-18(16,17)12-11-15(10-6-9-14)13-7-4-3-5-8-13/h3-5,7-8H,2,6,10-12H2,1H3. The van der Waals surface area contributed by atoms with Crippen molar-refractivity contribution in [1.29, 1.82) is 5.26 Å². The molecule has 0 aliphatic heterocycles. The first-order valence-electron chi connectivity index (χ1n) is 5.96. The molecule has 0 aromatic heterocycles. The fraction of sp³-hybridized carbons (Fsp3) is 0.462. The van der Waals surface area contributed by atoms with Crippen LogP contribution in [-0.2, 0) is 9.84 Å². The second kappa shape index (κ2) is 7.02. The molecule has 1 rings (SSSR count). The van der Waals surface area contributed by atoms with Gasteiger partial charge < -0.3 is 4.90 Å². The highest BCUT2D eigenvalue weighted by atomic mass is 32.2. The zero-order valence-corrected chi connectivity index (χ0v) is 11.4. The van der Waals surface area contributed by atoms with E-state index in [1.165, 1.54) is 0 Å². The summed E-state index contributed by atoms with van der Waals surface area (Å²) < 4.78 is 23.0. The lowest BCUT2D eigenvalue weighted by Crippen LogP contribution is -2.30. The third-order valence-corrected chi connectivity index (χ3v) is 4.41. The van der Waals surface area contributed by atoms with E-state index >= 15 is 0 Å². The van der Waals surface area contributed by atoms with Crippen molar-refractivity contribution in [3.05, 3.63) is 30.3 Å². The van der Waals surface area contributed by atoms with Crippen LogP contribution in [0, 0.1) is 11.3 Å². The van der Waals surface area contributed by atoms with E-state index in [4.69, 9.17) is 5.26 Å². The Morgan fingerprint density at radius 3 is 2.44 bits per heavy atom. The number of benzene rings is 1. The zero-order chi connectivity index (χ0) is 13.4. The van der Waals surface area contributed by atoms with Gasteiger partial charge in [-0.1, -0.05) is 25.1 Å². The molecule has 0 saturated carbocycles. The monoisotopic (exact) mass is 266 g/mol. The molecule has 0 saturated heterocycles. The fourth-order valence-electron chi connectivity index (χ4n) is 1.59. The number of hydrogen-bond donors (Lipinski definition) is 0. The summed E-state index contributed by atoms with van der Waals surface area (Å²) in [6.07, 6.45) is 0.390. The Hall–Kier alpha value is -1.54. The Kier molecular flexibility index (Phi) is 5.66. The number of nitriles is 1. The van der Waals surface area contributed by atoms with E-state index in [0.717, 1.165) is 5.69 Å². The molecule has 0 radical (unpaired) electrons. The maximum atomic E-state index is 11.5. The summed E-state index contributed by atoms with van der Waals surface area (Å²) in [5.74, 6) is 0.289. The quantitative estimate of drug-likeness (QED) is 0.755. The molecular weight excluding hydrogens is 248 g/mol. The lowest BCUT2D eigenvalue weighted by atomic mass is 10.2. The lowest BCUT2D eigenvalue weighted by molar-refractivity contribution is 0.595. The molecule has 0 N–H and O–H groups in total. The van der Waals surface area contributed by atoms with Gasteiger partial charge in [-0.05, 0) is 12.1 Å². The van der Waals surface area contributed by atoms with Crippen LogP contribution in [0.1, 0.15) is 13.3 Å². The Balaban J connectivity index is 2.71. The van der Waals surface area contributed by atoms with Crippen molar-refractivity contribution < 1.29 is 8.42 Å². The average Bonchev–Trinajstić information content (AvgIpc) is 2.40. The molecule has 0 bridgehead atoms. The number of anilines is 1. The molecule has 98 valence electrons. The first kappa shape index (κ1) is 14.5. The SMILES string of the molecule is CCS(=O)(=O)CCN(CCC#N)c1ccccc1. The summed E-state index contributed by atoms with van der Waals surface area (Å²) in [4.78, 5) is 1.94. The molecule has 4 nitrogen and oxygen atoms in total. The van der Waals surface area contributed by atoms with Crippen LogP contribution in [0.5, 0.6) is 0 Å². The van der Waals surface area contributed by atoms with E-state index in [1.807, 2.05) is 35.2 Å². The van der Waals surface area contributed by atoms with Crippen molar-refractivity contribution in [2.24, 2.45) is 0 Å². The van der Waals surface area contributed by atoms with E-state index in [0.29, 0.717) is 19.5 Å². The molecule has 0 fully saturated rings. The number of sulfone groups is 1. The number of rotatable bonds is 7. The summed E-state index contributed by atoms with van der Waals surface area (Å²) in [6.45, 7) is 2.64. The third-order valence-electron chi connectivity index (χ3n) is 2.73. The molecule has 0 aliphatic rings. The van der Waals surface area contributed by atoms with Gasteiger partial charge in [-0.15, -0.1) is 0 Å². The topological polar surface area (TPSA) is 61.2 Å². The van der Waals surface area contributed by atoms with Gasteiger partial charge in [-0.25, -0.2) is 8.42 Å². The normalized spacial score (nSPS) is 10.9. The van der Waals surface area contributed by atoms with E-state index in [9.17, 15) is 8.42 Å². The fourth-order valence-corrected chi connectivity index (χ4v) is 2.37. The molecule has 0 spiro atoms. The molecule has 5 heteroatoms. The summed E-state index contributed by atoms with van der Waals surface area (Å²) in [5, 5.41) is 8.64. The second-order valence-electron chi connectivity index (χ2n) is 3.97. The maximum Gasteiger partial charge on any atom is 0.151 e. The van der Waals surface area contributed by atoms with Crippen molar-refractivity contribution in [1.82, 2.24) is 0 Å². The van der Waals surface area contributed by atoms with Gasteiger partial charge >= 0.3 is 0 Å². The minimum Gasteiger partial charge on any atom is -0.369 e. The lowest BCUT2D eigenvalue weighted by Gasteiger charge is -2.23. The molecule has 0 atom stereocenters. The van der Waals surface area contributed by atoms with Crippen molar-refractivity contribution in [2.75, 3.05) is 29.5 Å². The van der Waals surface area contributed by atoms with Crippen LogP contribution in [-0.4, -0.2) is 33.0 Å². The highest BCUT2D eigenvalue weighted by Crippen LogP contribution is 2.13. The molecule has 1 aromatic rings. The van der Waals surface area contributed by atoms with Crippen LogP contribution >= 0.6 is 0 Å². The zero-order valence-electron chi connectivity index (χ0n) is 10.5. The molecule has 0 amide bonds. The smallest absolute Gasteiger partial charge is 0.151 e. The highest BCUT2D eigenvalue weighted by molar-refractivity contribution is 7.91. The van der Waals surface area contributed by atoms with Gasteiger partial charge in [-0.3, -0.25) is 0 Å². The van der Waals surface area contributed by atoms with Crippen molar-refractivity contribution in [3.8, 4) is 6.07 Å². The van der Waals surface area contributed by atoms with E-state index in [-0.39, 0.29) is 11.5 Å². The Bertz CT molecular complexity index is 491. The first-order chi connectivity index (χ1) is 8.59. The summed E-state index contributed by atoms with van der Waals surface area (Å²) in [6, 6.07) is 11.7. The molecule has 18 heavy (non-hydrogen) atoms. The summed E-state index contributed by atoms with van der Waals surface area (Å²) in [7, 11) is -2.97. The average molecular weight is 266 g/mol. The van der Waals surface area contributed by atoms with Crippen molar-refractivity contribution >= 4 is 15.5 Å². The van der Waals surface area contributed by atoms with Crippen LogP contribution in [0.4, 0.5) is 5.69 Å². The molecular formula is C13H18N2O2S. The van der Waals surface area contributed by atoms with E-state index < -0.39 is 9.84 Å². The van der Waals surface area contributed by atoms with Gasteiger partial charge in [0.15, 0.2) is 9.84 Å². The minimum absolute atomic E-state index is 0.129. The van der Waals surface area contributed by atoms with Crippen molar-refractivity contribution in [2.45, 2.75) is 13.3 Å². The van der Waals surface area contributed by atoms with Gasteiger partial charge in [-0.2, -0.15) is 5.26 Å². The van der Waals surface area contributed by atoms with Crippen LogP contribution in [0.25, 0.3) is 0 Å². The predicted molar refractivity (Wildman–Crippen MR) is 73.2 cm³/mol. The van der Waals surface area contributed by atoms with E-state index in [2.05, 4.69) is 6.07 Å². The maximum absolute atomic E-state index is 11.5. The molecule has 0 heterocycles. The van der Waals surface area contributed by atoms with Crippen LogP contribution in [0.2, 0.25) is 0 Å². The Labute approximate surface area is 109 Å². The second-order valence-corrected chi connectivity index (χ2v) is 6.44. The number of para-hydroxylation sites is 1. The van der Waals surface area contributed by atoms with Gasteiger partial charge in [0.1, 0.15) is 0 Å². The minimum atomic E-state index is -2.97. The number of nitrogens with zero attached hydrogens (tertiary/aromatic N) is 2. The van der Waals surface area contributed by atoms with Crippen molar-refractivity contribution in [3.63, 3.8) is 0 Å². The van der Waals surface area contributed by atoms with Gasteiger partial charge in [0, 0.05) is 24.5 Å². The van der Waals surface area contributed by atoms with Gasteiger partial charge in [0.2, 0.25) is 0 Å². The molecule has 1 aromatic carbocycles. The predicted octanol–water partition coefficient (Wildman–Crippen LogP) is 1.84. The Morgan fingerprint density at radius 2 is 1.89 bits per heavy atom. The highest BCUT2D eigenvalue weighted by Gasteiger charge is 2.12. The number of hydrogen-bond acceptors (Lipinski definition) is 4. The third kappa shape index (κ3) is 4.76. The van der Waals surface area contributed by atoms with E-state index in [1.54, 1.807) is 6.92 Å². The Morgan fingerprint density at radius 1 is 1.22 bits per heavy atom.